The average Bonchev–Trinajstić information content (AvgIpc) is 3.00. The number of rotatable bonds is 2. The number of nitrogens with zero attached hydrogens (tertiary/aromatic N) is 2. The maximum Gasteiger partial charge on any atom is 0.226 e. The van der Waals surface area contributed by atoms with Crippen LogP contribution in [0.4, 0.5) is 5.82 Å². The molecule has 6 heteroatoms. The van der Waals surface area contributed by atoms with Gasteiger partial charge in [0, 0.05) is 22.9 Å². The normalized spacial score (nSPS) is 16.4. The summed E-state index contributed by atoms with van der Waals surface area (Å²) >= 11 is 6.23. The predicted octanol–water partition coefficient (Wildman–Crippen LogP) is 4.01. The zero-order chi connectivity index (χ0) is 17.6. The number of carbonyl (C=O) groups is 1. The van der Waals surface area contributed by atoms with Crippen molar-refractivity contribution in [3.63, 3.8) is 0 Å². The number of benzene rings is 2. The highest BCUT2D eigenvalue weighted by atomic mass is 35.5. The highest BCUT2D eigenvalue weighted by molar-refractivity contribution is 6.31. The number of hydrogen-bond donors (Lipinski definition) is 2. The fourth-order valence-corrected chi connectivity index (χ4v) is 3.34. The number of phenolic OH excluding ortho intramolecular Hbond substituents is 1. The van der Waals surface area contributed by atoms with Gasteiger partial charge in [0.2, 0.25) is 5.91 Å². The third kappa shape index (κ3) is 2.76. The molecule has 1 aliphatic rings. The number of aryl methyl sites for hydroxylation is 1. The second-order valence-electron chi connectivity index (χ2n) is 6.19. The molecule has 126 valence electrons. The first-order valence-electron chi connectivity index (χ1n) is 7.96. The molecular formula is C19H16ClN3O2. The molecule has 0 radical (unpaired) electrons. The van der Waals surface area contributed by atoms with Crippen molar-refractivity contribution in [1.29, 1.82) is 0 Å². The Morgan fingerprint density at radius 3 is 2.88 bits per heavy atom. The van der Waals surface area contributed by atoms with Gasteiger partial charge in [-0.15, -0.1) is 0 Å². The van der Waals surface area contributed by atoms with Crippen molar-refractivity contribution in [3.8, 4) is 11.4 Å². The molecule has 2 heterocycles. The second kappa shape index (κ2) is 5.93. The van der Waals surface area contributed by atoms with Crippen LogP contribution in [-0.2, 0) is 4.79 Å². The van der Waals surface area contributed by atoms with E-state index in [0.29, 0.717) is 17.3 Å². The van der Waals surface area contributed by atoms with E-state index in [9.17, 15) is 9.90 Å². The van der Waals surface area contributed by atoms with E-state index >= 15 is 0 Å². The number of phenols is 1. The molecule has 0 bridgehead atoms. The molecule has 0 spiro atoms. The van der Waals surface area contributed by atoms with Crippen molar-refractivity contribution in [2.24, 2.45) is 0 Å². The standard InChI is InChI=1S/C19H16ClN3O2/c1-11-5-6-13(8-17(11)20)23-19-16(10-21-23)15(9-18(25)22-19)12-3-2-4-14(24)7-12/h2-8,10,15,24H,9H2,1H3,(H,22,25). The van der Waals surface area contributed by atoms with Crippen LogP contribution < -0.4 is 5.32 Å². The van der Waals surface area contributed by atoms with E-state index in [2.05, 4.69) is 10.4 Å². The highest BCUT2D eigenvalue weighted by Gasteiger charge is 2.30. The Balaban J connectivity index is 1.82. The summed E-state index contributed by atoms with van der Waals surface area (Å²) in [6, 6.07) is 12.7. The minimum atomic E-state index is -0.148. The number of hydrogen-bond acceptors (Lipinski definition) is 3. The van der Waals surface area contributed by atoms with Crippen molar-refractivity contribution >= 4 is 23.3 Å². The first-order chi connectivity index (χ1) is 12.0. The number of aromatic hydroxyl groups is 1. The second-order valence-corrected chi connectivity index (χ2v) is 6.60. The molecule has 1 atom stereocenters. The van der Waals surface area contributed by atoms with Crippen LogP contribution in [0.3, 0.4) is 0 Å². The molecule has 3 aromatic rings. The van der Waals surface area contributed by atoms with Crippen LogP contribution in [0.2, 0.25) is 5.02 Å². The van der Waals surface area contributed by atoms with Crippen LogP contribution in [0, 0.1) is 6.92 Å². The van der Waals surface area contributed by atoms with Crippen molar-refractivity contribution in [2.45, 2.75) is 19.3 Å². The lowest BCUT2D eigenvalue weighted by molar-refractivity contribution is -0.116. The van der Waals surface area contributed by atoms with Gasteiger partial charge in [0.25, 0.3) is 0 Å². The summed E-state index contributed by atoms with van der Waals surface area (Å²) in [4.78, 5) is 12.3. The van der Waals surface area contributed by atoms with Crippen molar-refractivity contribution in [1.82, 2.24) is 9.78 Å². The van der Waals surface area contributed by atoms with E-state index in [4.69, 9.17) is 11.6 Å². The number of aromatic nitrogens is 2. The summed E-state index contributed by atoms with van der Waals surface area (Å²) in [5, 5.41) is 17.8. The molecule has 1 aromatic heterocycles. The number of carbonyl (C=O) groups excluding carboxylic acids is 1. The largest absolute Gasteiger partial charge is 0.508 e. The van der Waals surface area contributed by atoms with Crippen molar-refractivity contribution in [2.75, 3.05) is 5.32 Å². The van der Waals surface area contributed by atoms with Crippen LogP contribution in [0.1, 0.15) is 29.0 Å². The number of nitrogens with one attached hydrogen (secondary N) is 1. The zero-order valence-corrected chi connectivity index (χ0v) is 14.3. The van der Waals surface area contributed by atoms with Gasteiger partial charge in [0.05, 0.1) is 11.9 Å². The van der Waals surface area contributed by atoms with Crippen LogP contribution in [-0.4, -0.2) is 20.8 Å². The molecule has 2 aromatic carbocycles. The van der Waals surface area contributed by atoms with Crippen LogP contribution >= 0.6 is 11.6 Å². The van der Waals surface area contributed by atoms with Crippen molar-refractivity contribution in [3.05, 3.63) is 70.4 Å². The SMILES string of the molecule is Cc1ccc(-n2ncc3c2NC(=O)CC3c2cccc(O)c2)cc1Cl. The van der Waals surface area contributed by atoms with E-state index in [0.717, 1.165) is 22.4 Å². The Bertz CT molecular complexity index is 981. The van der Waals surface area contributed by atoms with E-state index in [1.165, 1.54) is 0 Å². The summed E-state index contributed by atoms with van der Waals surface area (Å²) in [7, 11) is 0. The molecule has 0 aliphatic carbocycles. The van der Waals surface area contributed by atoms with Gasteiger partial charge in [0.1, 0.15) is 11.6 Å². The number of halogens is 1. The van der Waals surface area contributed by atoms with Gasteiger partial charge < -0.3 is 10.4 Å². The molecule has 1 aliphatic heterocycles. The summed E-state index contributed by atoms with van der Waals surface area (Å²) in [5.41, 5.74) is 3.57. The quantitative estimate of drug-likeness (QED) is 0.731. The minimum absolute atomic E-state index is 0.0826. The van der Waals surface area contributed by atoms with Gasteiger partial charge in [0.15, 0.2) is 0 Å². The molecule has 4 rings (SSSR count). The minimum Gasteiger partial charge on any atom is -0.508 e. The Hall–Kier alpha value is -2.79. The molecular weight excluding hydrogens is 338 g/mol. The van der Waals surface area contributed by atoms with E-state index in [1.807, 2.05) is 31.2 Å². The molecule has 0 saturated heterocycles. The topological polar surface area (TPSA) is 67.2 Å². The van der Waals surface area contributed by atoms with Gasteiger partial charge >= 0.3 is 0 Å². The molecule has 25 heavy (non-hydrogen) atoms. The van der Waals surface area contributed by atoms with E-state index in [-0.39, 0.29) is 17.6 Å². The van der Waals surface area contributed by atoms with E-state index < -0.39 is 0 Å². The number of anilines is 1. The highest BCUT2D eigenvalue weighted by Crippen LogP contribution is 2.39. The monoisotopic (exact) mass is 353 g/mol. The first kappa shape index (κ1) is 15.7. The first-order valence-corrected chi connectivity index (χ1v) is 8.34. The van der Waals surface area contributed by atoms with Gasteiger partial charge in [-0.2, -0.15) is 5.10 Å². The Morgan fingerprint density at radius 2 is 2.12 bits per heavy atom. The van der Waals surface area contributed by atoms with Gasteiger partial charge in [-0.25, -0.2) is 4.68 Å². The molecule has 1 unspecified atom stereocenters. The van der Waals surface area contributed by atoms with Gasteiger partial charge in [-0.05, 0) is 42.3 Å². The summed E-state index contributed by atoms with van der Waals surface area (Å²) in [6.07, 6.45) is 2.08. The van der Waals surface area contributed by atoms with Gasteiger partial charge in [-0.1, -0.05) is 29.8 Å². The smallest absolute Gasteiger partial charge is 0.226 e. The van der Waals surface area contributed by atoms with Crippen LogP contribution in [0.15, 0.2) is 48.7 Å². The Labute approximate surface area is 149 Å². The number of fused-ring (bicyclic) bond motifs is 1. The summed E-state index contributed by atoms with van der Waals surface area (Å²) in [6.45, 7) is 1.93. The van der Waals surface area contributed by atoms with Crippen LogP contribution in [0.5, 0.6) is 5.75 Å². The lowest BCUT2D eigenvalue weighted by Crippen LogP contribution is -2.24. The molecule has 1 amide bonds. The summed E-state index contributed by atoms with van der Waals surface area (Å²) in [5.74, 6) is 0.596. The molecule has 0 saturated carbocycles. The third-order valence-corrected chi connectivity index (χ3v) is 4.90. The maximum absolute atomic E-state index is 12.3. The molecule has 5 nitrogen and oxygen atoms in total. The summed E-state index contributed by atoms with van der Waals surface area (Å²) < 4.78 is 1.69. The average molecular weight is 354 g/mol. The lowest BCUT2D eigenvalue weighted by atomic mass is 9.87. The van der Waals surface area contributed by atoms with Crippen molar-refractivity contribution < 1.29 is 9.90 Å². The number of amides is 1. The van der Waals surface area contributed by atoms with E-state index in [1.54, 1.807) is 29.1 Å². The Kier molecular flexibility index (Phi) is 3.73. The third-order valence-electron chi connectivity index (χ3n) is 4.49. The predicted molar refractivity (Wildman–Crippen MR) is 96.5 cm³/mol. The zero-order valence-electron chi connectivity index (χ0n) is 13.5. The maximum atomic E-state index is 12.3. The van der Waals surface area contributed by atoms with Gasteiger partial charge in [-0.3, -0.25) is 4.79 Å². The fourth-order valence-electron chi connectivity index (χ4n) is 3.17. The Morgan fingerprint density at radius 1 is 1.28 bits per heavy atom. The fraction of sp³-hybridized carbons (Fsp3) is 0.158. The van der Waals surface area contributed by atoms with Crippen LogP contribution in [0.25, 0.3) is 5.69 Å². The molecule has 2 N–H and O–H groups in total. The lowest BCUT2D eigenvalue weighted by Gasteiger charge is -2.24. The molecule has 0 fully saturated rings.